The number of carboxylic acids is 1. The molecule has 0 saturated heterocycles. The predicted molar refractivity (Wildman–Crippen MR) is 55.0 cm³/mol. The number of aryl methyl sites for hydroxylation is 1. The normalized spacial score (nSPS) is 11.4. The average molecular weight is 201 g/mol. The molecule has 0 fully saturated rings. The van der Waals surface area contributed by atoms with Gasteiger partial charge in [-0.25, -0.2) is 0 Å². The van der Waals surface area contributed by atoms with Crippen molar-refractivity contribution in [1.29, 1.82) is 0 Å². The third-order valence-electron chi connectivity index (χ3n) is 1.33. The Morgan fingerprint density at radius 1 is 1.54 bits per heavy atom. The zero-order valence-electron chi connectivity index (χ0n) is 8.07. The summed E-state index contributed by atoms with van der Waals surface area (Å²) in [5.74, 6) is -0.980. The van der Waals surface area contributed by atoms with Crippen LogP contribution in [-0.2, 0) is 4.79 Å². The molecule has 0 aliphatic carbocycles. The van der Waals surface area contributed by atoms with E-state index in [9.17, 15) is 4.79 Å². The first kappa shape index (κ1) is 12.1. The Balaban J connectivity index is 0.000000671. The number of hydrogen-bond donors (Lipinski definition) is 2. The highest BCUT2D eigenvalue weighted by Gasteiger charge is 2.15. The lowest BCUT2D eigenvalue weighted by atomic mass is 10.2. The molecule has 1 aromatic heterocycles. The predicted octanol–water partition coefficient (Wildman–Crippen LogP) is 2.17. The Hall–Kier alpha value is -0.870. The van der Waals surface area contributed by atoms with Gasteiger partial charge in [0.05, 0.1) is 0 Å². The quantitative estimate of drug-likeness (QED) is 0.770. The van der Waals surface area contributed by atoms with Crippen molar-refractivity contribution >= 4 is 17.3 Å². The number of carbonyl (C=O) groups is 1. The van der Waals surface area contributed by atoms with Gasteiger partial charge in [-0.3, -0.25) is 4.79 Å². The van der Waals surface area contributed by atoms with Crippen molar-refractivity contribution in [3.63, 3.8) is 0 Å². The highest BCUT2D eigenvalue weighted by atomic mass is 32.1. The molecule has 13 heavy (non-hydrogen) atoms. The van der Waals surface area contributed by atoms with Crippen molar-refractivity contribution < 1.29 is 9.90 Å². The first-order valence-electron chi connectivity index (χ1n) is 4.16. The van der Waals surface area contributed by atoms with Crippen LogP contribution in [0.3, 0.4) is 0 Å². The molecule has 0 amide bonds. The van der Waals surface area contributed by atoms with Gasteiger partial charge in [-0.1, -0.05) is 13.8 Å². The molecule has 1 aromatic rings. The van der Waals surface area contributed by atoms with E-state index < -0.39 is 12.0 Å². The fourth-order valence-corrected chi connectivity index (χ4v) is 1.61. The van der Waals surface area contributed by atoms with E-state index >= 15 is 0 Å². The molecule has 0 aliphatic rings. The molecule has 0 radical (unpaired) electrons. The Morgan fingerprint density at radius 3 is 2.38 bits per heavy atom. The molecule has 4 heteroatoms. The van der Waals surface area contributed by atoms with Gasteiger partial charge in [0.1, 0.15) is 6.04 Å². The van der Waals surface area contributed by atoms with Crippen LogP contribution in [0.2, 0.25) is 0 Å². The molecule has 1 unspecified atom stereocenters. The molecule has 0 bridgehead atoms. The zero-order chi connectivity index (χ0) is 10.4. The Kier molecular flexibility index (Phi) is 5.34. The molecular weight excluding hydrogens is 186 g/mol. The lowest BCUT2D eigenvalue weighted by Gasteiger charge is -2.00. The monoisotopic (exact) mass is 201 g/mol. The van der Waals surface area contributed by atoms with Crippen LogP contribution in [0.15, 0.2) is 12.1 Å². The summed E-state index contributed by atoms with van der Waals surface area (Å²) in [5, 5.41) is 8.53. The summed E-state index contributed by atoms with van der Waals surface area (Å²) in [6, 6.07) is 2.75. The van der Waals surface area contributed by atoms with E-state index in [-0.39, 0.29) is 0 Å². The molecule has 1 atom stereocenters. The van der Waals surface area contributed by atoms with E-state index in [0.717, 1.165) is 4.88 Å². The maximum absolute atomic E-state index is 10.4. The Morgan fingerprint density at radius 2 is 2.08 bits per heavy atom. The van der Waals surface area contributed by atoms with Crippen molar-refractivity contribution in [2.75, 3.05) is 0 Å². The van der Waals surface area contributed by atoms with Crippen LogP contribution in [0, 0.1) is 6.92 Å². The fraction of sp³-hybridized carbons (Fsp3) is 0.444. The van der Waals surface area contributed by atoms with E-state index in [1.807, 2.05) is 26.8 Å². The average Bonchev–Trinajstić information content (AvgIpc) is 2.54. The van der Waals surface area contributed by atoms with E-state index in [1.54, 1.807) is 6.07 Å². The third-order valence-corrected chi connectivity index (χ3v) is 2.42. The van der Waals surface area contributed by atoms with Crippen molar-refractivity contribution in [1.82, 2.24) is 0 Å². The van der Waals surface area contributed by atoms with E-state index in [2.05, 4.69) is 0 Å². The van der Waals surface area contributed by atoms with Crippen LogP contribution >= 0.6 is 11.3 Å². The van der Waals surface area contributed by atoms with Crippen LogP contribution in [0.4, 0.5) is 0 Å². The van der Waals surface area contributed by atoms with Crippen molar-refractivity contribution in [2.45, 2.75) is 26.8 Å². The summed E-state index contributed by atoms with van der Waals surface area (Å²) in [4.78, 5) is 12.2. The summed E-state index contributed by atoms with van der Waals surface area (Å²) in [5.41, 5.74) is 5.36. The van der Waals surface area contributed by atoms with E-state index in [1.165, 1.54) is 11.3 Å². The van der Waals surface area contributed by atoms with Crippen LogP contribution in [-0.4, -0.2) is 11.1 Å². The molecule has 3 nitrogen and oxygen atoms in total. The number of aliphatic carboxylic acids is 1. The summed E-state index contributed by atoms with van der Waals surface area (Å²) in [7, 11) is 0. The van der Waals surface area contributed by atoms with E-state index in [4.69, 9.17) is 10.8 Å². The highest BCUT2D eigenvalue weighted by Crippen LogP contribution is 2.20. The number of rotatable bonds is 2. The molecule has 1 rings (SSSR count). The molecule has 0 aromatic carbocycles. The molecular formula is C9H15NO2S. The fourth-order valence-electron chi connectivity index (χ4n) is 0.742. The summed E-state index contributed by atoms with van der Waals surface area (Å²) < 4.78 is 0. The van der Waals surface area contributed by atoms with Crippen molar-refractivity contribution in [3.05, 3.63) is 21.9 Å². The van der Waals surface area contributed by atoms with Gasteiger partial charge in [-0.15, -0.1) is 11.3 Å². The maximum Gasteiger partial charge on any atom is 0.325 e. The van der Waals surface area contributed by atoms with Crippen LogP contribution in [0.5, 0.6) is 0 Å². The number of nitrogens with two attached hydrogens (primary N) is 1. The first-order valence-corrected chi connectivity index (χ1v) is 4.97. The number of thiophene rings is 1. The molecule has 74 valence electrons. The molecule has 0 spiro atoms. The summed E-state index contributed by atoms with van der Waals surface area (Å²) >= 11 is 1.42. The van der Waals surface area contributed by atoms with Crippen LogP contribution in [0.1, 0.15) is 29.6 Å². The molecule has 0 aliphatic heterocycles. The smallest absolute Gasteiger partial charge is 0.325 e. The van der Waals surface area contributed by atoms with Gasteiger partial charge in [0.25, 0.3) is 0 Å². The summed E-state index contributed by atoms with van der Waals surface area (Å²) in [6.45, 7) is 5.92. The van der Waals surface area contributed by atoms with Gasteiger partial charge in [-0.2, -0.15) is 0 Å². The molecule has 1 heterocycles. The van der Waals surface area contributed by atoms with Crippen molar-refractivity contribution in [2.24, 2.45) is 5.73 Å². The summed E-state index contributed by atoms with van der Waals surface area (Å²) in [6.07, 6.45) is 0. The van der Waals surface area contributed by atoms with Gasteiger partial charge in [0, 0.05) is 9.75 Å². The van der Waals surface area contributed by atoms with Gasteiger partial charge in [0.15, 0.2) is 0 Å². The van der Waals surface area contributed by atoms with Crippen LogP contribution in [0.25, 0.3) is 0 Å². The number of carboxylic acid groups (broad SMARTS) is 1. The number of hydrogen-bond acceptors (Lipinski definition) is 3. The highest BCUT2D eigenvalue weighted by molar-refractivity contribution is 7.12. The van der Waals surface area contributed by atoms with Gasteiger partial charge >= 0.3 is 5.97 Å². The standard InChI is InChI=1S/C7H9NO2S.C2H6/c1-4-2-3-5(11-4)6(8)7(9)10;1-2/h2-3,6H,8H2,1H3,(H,9,10);1-2H3. The largest absolute Gasteiger partial charge is 0.480 e. The third kappa shape index (κ3) is 3.57. The Labute approximate surface area is 82.2 Å². The van der Waals surface area contributed by atoms with E-state index in [0.29, 0.717) is 4.88 Å². The minimum absolute atomic E-state index is 0.704. The van der Waals surface area contributed by atoms with Gasteiger partial charge in [-0.05, 0) is 19.1 Å². The van der Waals surface area contributed by atoms with Crippen molar-refractivity contribution in [3.8, 4) is 0 Å². The first-order chi connectivity index (χ1) is 6.11. The molecule has 3 N–H and O–H groups in total. The molecule has 0 saturated carbocycles. The topological polar surface area (TPSA) is 63.3 Å². The second-order valence-electron chi connectivity index (χ2n) is 2.26. The van der Waals surface area contributed by atoms with Gasteiger partial charge < -0.3 is 10.8 Å². The second-order valence-corrected chi connectivity index (χ2v) is 3.58. The minimum atomic E-state index is -0.980. The minimum Gasteiger partial charge on any atom is -0.480 e. The van der Waals surface area contributed by atoms with Crippen LogP contribution < -0.4 is 5.73 Å². The SMILES string of the molecule is CC.Cc1ccc(C(N)C(=O)O)s1. The lowest BCUT2D eigenvalue weighted by Crippen LogP contribution is -2.19. The lowest BCUT2D eigenvalue weighted by molar-refractivity contribution is -0.138. The second kappa shape index (κ2) is 5.72. The van der Waals surface area contributed by atoms with Gasteiger partial charge in [0.2, 0.25) is 0 Å². The maximum atomic E-state index is 10.4. The zero-order valence-corrected chi connectivity index (χ0v) is 8.89. The Bertz CT molecular complexity index is 270.